The van der Waals surface area contributed by atoms with Gasteiger partial charge in [0.1, 0.15) is 0 Å². The molecule has 0 radical (unpaired) electrons. The second kappa shape index (κ2) is 3.47. The number of thioether (sulfide) groups is 1. The highest BCUT2D eigenvalue weighted by Crippen LogP contribution is 2.47. The van der Waals surface area contributed by atoms with E-state index in [1.54, 1.807) is 0 Å². The second-order valence-corrected chi connectivity index (χ2v) is 6.67. The standard InChI is InChI=1S/C11H20OS/c1-8-4-5-9-10(6-8)12-7-13-11(9,2)3/h8-10H,4-7H2,1-3H3/t8?,9?,10-/m1/s1. The van der Waals surface area contributed by atoms with E-state index in [1.165, 1.54) is 19.3 Å². The van der Waals surface area contributed by atoms with Gasteiger partial charge in [-0.3, -0.25) is 0 Å². The van der Waals surface area contributed by atoms with Gasteiger partial charge in [-0.1, -0.05) is 27.2 Å². The smallest absolute Gasteiger partial charge is 0.0930 e. The largest absolute Gasteiger partial charge is 0.367 e. The molecule has 13 heavy (non-hydrogen) atoms. The Balaban J connectivity index is 2.08. The molecular formula is C11H20OS. The number of fused-ring (bicyclic) bond motifs is 1. The fraction of sp³-hybridized carbons (Fsp3) is 1.00. The quantitative estimate of drug-likeness (QED) is 0.593. The van der Waals surface area contributed by atoms with Crippen LogP contribution in [0.2, 0.25) is 0 Å². The first-order chi connectivity index (χ1) is 6.09. The van der Waals surface area contributed by atoms with E-state index in [4.69, 9.17) is 4.74 Å². The monoisotopic (exact) mass is 200 g/mol. The van der Waals surface area contributed by atoms with Crippen LogP contribution in [-0.2, 0) is 4.74 Å². The van der Waals surface area contributed by atoms with Crippen LogP contribution in [0.5, 0.6) is 0 Å². The molecule has 3 atom stereocenters. The minimum Gasteiger partial charge on any atom is -0.367 e. The van der Waals surface area contributed by atoms with Gasteiger partial charge in [-0.15, -0.1) is 11.8 Å². The van der Waals surface area contributed by atoms with E-state index in [0.29, 0.717) is 10.9 Å². The van der Waals surface area contributed by atoms with E-state index in [9.17, 15) is 0 Å². The van der Waals surface area contributed by atoms with Gasteiger partial charge in [0.25, 0.3) is 0 Å². The fourth-order valence-electron chi connectivity index (χ4n) is 2.69. The van der Waals surface area contributed by atoms with Gasteiger partial charge in [0.2, 0.25) is 0 Å². The molecule has 1 aliphatic carbocycles. The van der Waals surface area contributed by atoms with E-state index in [0.717, 1.165) is 17.8 Å². The van der Waals surface area contributed by atoms with Crippen molar-refractivity contribution in [2.75, 3.05) is 5.94 Å². The maximum atomic E-state index is 5.85. The molecule has 0 bridgehead atoms. The number of rotatable bonds is 0. The highest BCUT2D eigenvalue weighted by atomic mass is 32.2. The average Bonchev–Trinajstić information content (AvgIpc) is 2.02. The molecule has 0 aromatic carbocycles. The Kier molecular flexibility index (Phi) is 2.63. The lowest BCUT2D eigenvalue weighted by Crippen LogP contribution is -2.46. The normalized spacial score (nSPS) is 44.1. The summed E-state index contributed by atoms with van der Waals surface area (Å²) in [6.45, 7) is 7.12. The van der Waals surface area contributed by atoms with Crippen LogP contribution in [-0.4, -0.2) is 16.8 Å². The summed E-state index contributed by atoms with van der Waals surface area (Å²) in [5, 5.41) is 0. The molecule has 0 amide bonds. The van der Waals surface area contributed by atoms with Crippen molar-refractivity contribution in [3.63, 3.8) is 0 Å². The van der Waals surface area contributed by atoms with Crippen molar-refractivity contribution in [3.05, 3.63) is 0 Å². The van der Waals surface area contributed by atoms with Crippen molar-refractivity contribution >= 4 is 11.8 Å². The molecule has 1 aliphatic heterocycles. The molecule has 0 aromatic heterocycles. The van der Waals surface area contributed by atoms with Crippen molar-refractivity contribution < 1.29 is 4.74 Å². The molecule has 2 fully saturated rings. The third-order valence-corrected chi connectivity index (χ3v) is 4.96. The molecule has 2 aliphatic rings. The Morgan fingerprint density at radius 2 is 2.08 bits per heavy atom. The Bertz CT molecular complexity index is 191. The summed E-state index contributed by atoms with van der Waals surface area (Å²) in [6, 6.07) is 0. The van der Waals surface area contributed by atoms with Gasteiger partial charge < -0.3 is 4.74 Å². The van der Waals surface area contributed by atoms with E-state index >= 15 is 0 Å². The van der Waals surface area contributed by atoms with Gasteiger partial charge >= 0.3 is 0 Å². The Labute approximate surface area is 85.6 Å². The first-order valence-corrected chi connectivity index (χ1v) is 6.34. The molecule has 2 heteroatoms. The number of hydrogen-bond acceptors (Lipinski definition) is 2. The molecule has 1 saturated heterocycles. The summed E-state index contributed by atoms with van der Waals surface area (Å²) in [5.41, 5.74) is 0. The lowest BCUT2D eigenvalue weighted by atomic mass is 9.75. The Morgan fingerprint density at radius 1 is 1.31 bits per heavy atom. The SMILES string of the molecule is CC1CCC2[C@@H](C1)OCSC2(C)C. The maximum absolute atomic E-state index is 5.85. The van der Waals surface area contributed by atoms with Gasteiger partial charge in [0, 0.05) is 4.75 Å². The molecule has 1 heterocycles. The van der Waals surface area contributed by atoms with Crippen molar-refractivity contribution in [2.24, 2.45) is 11.8 Å². The summed E-state index contributed by atoms with van der Waals surface area (Å²) in [7, 11) is 0. The molecule has 2 unspecified atom stereocenters. The molecule has 0 aromatic rings. The minimum atomic E-state index is 0.447. The number of ether oxygens (including phenoxy) is 1. The first-order valence-electron chi connectivity index (χ1n) is 5.35. The third-order valence-electron chi connectivity index (χ3n) is 3.66. The van der Waals surface area contributed by atoms with Gasteiger partial charge in [-0.05, 0) is 24.7 Å². The van der Waals surface area contributed by atoms with E-state index in [1.807, 2.05) is 11.8 Å². The highest BCUT2D eigenvalue weighted by molar-refractivity contribution is 8.00. The topological polar surface area (TPSA) is 9.23 Å². The van der Waals surface area contributed by atoms with E-state index in [2.05, 4.69) is 20.8 Å². The van der Waals surface area contributed by atoms with Crippen molar-refractivity contribution in [3.8, 4) is 0 Å². The predicted octanol–water partition coefficient (Wildman–Crippen LogP) is 3.29. The van der Waals surface area contributed by atoms with Crippen LogP contribution < -0.4 is 0 Å². The van der Waals surface area contributed by atoms with Crippen LogP contribution in [0.25, 0.3) is 0 Å². The van der Waals surface area contributed by atoms with Crippen molar-refractivity contribution in [1.82, 2.24) is 0 Å². The van der Waals surface area contributed by atoms with Crippen molar-refractivity contribution in [1.29, 1.82) is 0 Å². The Morgan fingerprint density at radius 3 is 2.85 bits per heavy atom. The zero-order valence-corrected chi connectivity index (χ0v) is 9.69. The van der Waals surface area contributed by atoms with Gasteiger partial charge in [0.15, 0.2) is 0 Å². The van der Waals surface area contributed by atoms with Crippen LogP contribution >= 0.6 is 11.8 Å². The van der Waals surface area contributed by atoms with Crippen molar-refractivity contribution in [2.45, 2.75) is 50.9 Å². The van der Waals surface area contributed by atoms with Crippen LogP contribution in [0.1, 0.15) is 40.0 Å². The van der Waals surface area contributed by atoms with Crippen LogP contribution in [0.4, 0.5) is 0 Å². The first kappa shape index (κ1) is 9.85. The fourth-order valence-corrected chi connectivity index (χ4v) is 3.72. The molecule has 76 valence electrons. The summed E-state index contributed by atoms with van der Waals surface area (Å²) >= 11 is 1.99. The van der Waals surface area contributed by atoms with E-state index in [-0.39, 0.29) is 0 Å². The zero-order chi connectivity index (χ0) is 9.47. The summed E-state index contributed by atoms with van der Waals surface area (Å²) in [6.07, 6.45) is 4.61. The lowest BCUT2D eigenvalue weighted by molar-refractivity contribution is -0.0224. The highest BCUT2D eigenvalue weighted by Gasteiger charge is 2.42. The minimum absolute atomic E-state index is 0.447. The van der Waals surface area contributed by atoms with Crippen LogP contribution in [0, 0.1) is 11.8 Å². The molecular weight excluding hydrogens is 180 g/mol. The van der Waals surface area contributed by atoms with Crippen LogP contribution in [0.3, 0.4) is 0 Å². The second-order valence-electron chi connectivity index (χ2n) is 5.10. The molecule has 0 spiro atoms. The number of hydrogen-bond donors (Lipinski definition) is 0. The van der Waals surface area contributed by atoms with Gasteiger partial charge in [-0.2, -0.15) is 0 Å². The summed E-state index contributed by atoms with van der Waals surface area (Å²) < 4.78 is 6.30. The summed E-state index contributed by atoms with van der Waals surface area (Å²) in [4.78, 5) is 0. The zero-order valence-electron chi connectivity index (χ0n) is 8.88. The molecule has 1 nitrogen and oxygen atoms in total. The van der Waals surface area contributed by atoms with Gasteiger partial charge in [-0.25, -0.2) is 0 Å². The third kappa shape index (κ3) is 1.89. The Hall–Kier alpha value is 0.310. The van der Waals surface area contributed by atoms with E-state index < -0.39 is 0 Å². The van der Waals surface area contributed by atoms with Gasteiger partial charge in [0.05, 0.1) is 12.0 Å². The summed E-state index contributed by atoms with van der Waals surface area (Å²) in [5.74, 6) is 2.57. The average molecular weight is 200 g/mol. The lowest BCUT2D eigenvalue weighted by Gasteiger charge is -2.47. The van der Waals surface area contributed by atoms with Crippen LogP contribution in [0.15, 0.2) is 0 Å². The predicted molar refractivity (Wildman–Crippen MR) is 57.9 cm³/mol. The molecule has 2 rings (SSSR count). The molecule has 0 N–H and O–H groups in total. The molecule has 1 saturated carbocycles. The maximum Gasteiger partial charge on any atom is 0.0930 e.